The van der Waals surface area contributed by atoms with E-state index in [1.807, 2.05) is 12.3 Å². The number of hydrogen-bond acceptors (Lipinski definition) is 4. The molecule has 0 fully saturated rings. The summed E-state index contributed by atoms with van der Waals surface area (Å²) in [6.07, 6.45) is 0.753. The van der Waals surface area contributed by atoms with Gasteiger partial charge in [0.15, 0.2) is 0 Å². The van der Waals surface area contributed by atoms with Gasteiger partial charge in [-0.25, -0.2) is 4.98 Å². The summed E-state index contributed by atoms with van der Waals surface area (Å²) in [4.78, 5) is 29.7. The van der Waals surface area contributed by atoms with Gasteiger partial charge in [0.2, 0.25) is 5.91 Å². The maximum absolute atomic E-state index is 13.1. The van der Waals surface area contributed by atoms with Crippen LogP contribution in [0.2, 0.25) is 0 Å². The van der Waals surface area contributed by atoms with Crippen LogP contribution in [0.3, 0.4) is 0 Å². The van der Waals surface area contributed by atoms with Crippen molar-refractivity contribution >= 4 is 27.5 Å². The van der Waals surface area contributed by atoms with E-state index in [1.54, 1.807) is 4.57 Å². The van der Waals surface area contributed by atoms with Gasteiger partial charge in [-0.3, -0.25) is 14.2 Å². The van der Waals surface area contributed by atoms with E-state index in [4.69, 9.17) is 5.73 Å². The second-order valence-electron chi connectivity index (χ2n) is 6.66. The number of carbonyl (C=O) groups is 1. The minimum atomic E-state index is -0.422. The standard InChI is InChI=1S/C20H23N3O2S/c1-4-17-22-19-18(20(25)23(17)10-9-16(21)24)15(11-26-19)14-7-5-13(6-8-14)12(2)3/h5-8,11-12H,4,9-10H2,1-3H3,(H2,21,24). The molecule has 2 N–H and O–H groups in total. The largest absolute Gasteiger partial charge is 0.370 e. The van der Waals surface area contributed by atoms with Crippen molar-refractivity contribution in [2.75, 3.05) is 0 Å². The Labute approximate surface area is 156 Å². The third-order valence-electron chi connectivity index (χ3n) is 4.56. The van der Waals surface area contributed by atoms with Gasteiger partial charge in [-0.05, 0) is 17.0 Å². The third-order valence-corrected chi connectivity index (χ3v) is 5.43. The lowest BCUT2D eigenvalue weighted by Crippen LogP contribution is -2.27. The van der Waals surface area contributed by atoms with E-state index in [-0.39, 0.29) is 18.5 Å². The maximum atomic E-state index is 13.1. The number of aryl methyl sites for hydroxylation is 1. The Morgan fingerprint density at radius 3 is 2.54 bits per heavy atom. The van der Waals surface area contributed by atoms with Crippen LogP contribution in [-0.4, -0.2) is 15.5 Å². The Bertz CT molecular complexity index is 1000. The Morgan fingerprint density at radius 1 is 1.27 bits per heavy atom. The molecule has 3 aromatic rings. The van der Waals surface area contributed by atoms with E-state index >= 15 is 0 Å². The van der Waals surface area contributed by atoms with Gasteiger partial charge in [-0.2, -0.15) is 0 Å². The highest BCUT2D eigenvalue weighted by Crippen LogP contribution is 2.32. The van der Waals surface area contributed by atoms with Gasteiger partial charge in [-0.15, -0.1) is 11.3 Å². The molecule has 1 aromatic carbocycles. The molecule has 3 rings (SSSR count). The van der Waals surface area contributed by atoms with Crippen LogP contribution in [0.15, 0.2) is 34.4 Å². The monoisotopic (exact) mass is 369 g/mol. The molecular formula is C20H23N3O2S. The van der Waals surface area contributed by atoms with Crippen LogP contribution in [0, 0.1) is 0 Å². The Balaban J connectivity index is 2.14. The third kappa shape index (κ3) is 3.42. The van der Waals surface area contributed by atoms with Gasteiger partial charge in [0, 0.05) is 30.3 Å². The summed E-state index contributed by atoms with van der Waals surface area (Å²) in [5.41, 5.74) is 8.33. The number of primary amides is 1. The van der Waals surface area contributed by atoms with Crippen LogP contribution in [0.5, 0.6) is 0 Å². The van der Waals surface area contributed by atoms with Crippen LogP contribution in [-0.2, 0) is 17.8 Å². The van der Waals surface area contributed by atoms with Gasteiger partial charge in [0.25, 0.3) is 5.56 Å². The lowest BCUT2D eigenvalue weighted by Gasteiger charge is -2.11. The molecule has 0 saturated carbocycles. The summed E-state index contributed by atoms with van der Waals surface area (Å²) in [6.45, 7) is 6.53. The number of fused-ring (bicyclic) bond motifs is 1. The zero-order valence-electron chi connectivity index (χ0n) is 15.3. The number of benzene rings is 1. The van der Waals surface area contributed by atoms with Gasteiger partial charge in [0.1, 0.15) is 10.7 Å². The van der Waals surface area contributed by atoms with Crippen molar-refractivity contribution in [3.8, 4) is 11.1 Å². The Hall–Kier alpha value is -2.47. The lowest BCUT2D eigenvalue weighted by atomic mass is 9.99. The number of amides is 1. The Kier molecular flexibility index (Phi) is 5.23. The van der Waals surface area contributed by atoms with E-state index in [9.17, 15) is 9.59 Å². The fourth-order valence-electron chi connectivity index (χ4n) is 3.05. The number of nitrogens with two attached hydrogens (primary N) is 1. The number of hydrogen-bond donors (Lipinski definition) is 1. The quantitative estimate of drug-likeness (QED) is 0.720. The van der Waals surface area contributed by atoms with Crippen molar-refractivity contribution in [1.82, 2.24) is 9.55 Å². The maximum Gasteiger partial charge on any atom is 0.262 e. The molecule has 6 heteroatoms. The van der Waals surface area contributed by atoms with Crippen LogP contribution >= 0.6 is 11.3 Å². The molecule has 0 atom stereocenters. The molecule has 0 saturated heterocycles. The van der Waals surface area contributed by atoms with Crippen LogP contribution in [0.25, 0.3) is 21.3 Å². The molecule has 0 bridgehead atoms. The number of thiophene rings is 1. The van der Waals surface area contributed by atoms with Crippen LogP contribution in [0.4, 0.5) is 0 Å². The molecule has 26 heavy (non-hydrogen) atoms. The summed E-state index contributed by atoms with van der Waals surface area (Å²) < 4.78 is 1.59. The number of nitrogens with zero attached hydrogens (tertiary/aromatic N) is 2. The average Bonchev–Trinajstić information content (AvgIpc) is 3.04. The highest BCUT2D eigenvalue weighted by molar-refractivity contribution is 7.17. The van der Waals surface area contributed by atoms with Gasteiger partial charge < -0.3 is 5.73 Å². The molecule has 0 aliphatic heterocycles. The molecule has 2 heterocycles. The minimum Gasteiger partial charge on any atom is -0.370 e. The van der Waals surface area contributed by atoms with Crippen molar-refractivity contribution in [2.45, 2.75) is 46.1 Å². The fourth-order valence-corrected chi connectivity index (χ4v) is 4.01. The molecule has 2 aromatic heterocycles. The number of aromatic nitrogens is 2. The molecule has 0 spiro atoms. The highest BCUT2D eigenvalue weighted by Gasteiger charge is 2.17. The SMILES string of the molecule is CCc1nc2scc(-c3ccc(C(C)C)cc3)c2c(=O)n1CCC(N)=O. The van der Waals surface area contributed by atoms with Crippen molar-refractivity contribution in [1.29, 1.82) is 0 Å². The van der Waals surface area contributed by atoms with Gasteiger partial charge in [0.05, 0.1) is 5.39 Å². The second-order valence-corrected chi connectivity index (χ2v) is 7.52. The normalized spacial score (nSPS) is 11.4. The molecule has 0 aliphatic rings. The molecule has 0 unspecified atom stereocenters. The zero-order valence-corrected chi connectivity index (χ0v) is 16.1. The summed E-state index contributed by atoms with van der Waals surface area (Å²) >= 11 is 1.48. The predicted molar refractivity (Wildman–Crippen MR) is 107 cm³/mol. The van der Waals surface area contributed by atoms with Crippen LogP contribution < -0.4 is 11.3 Å². The first-order chi connectivity index (χ1) is 12.4. The van der Waals surface area contributed by atoms with E-state index in [1.165, 1.54) is 16.9 Å². The highest BCUT2D eigenvalue weighted by atomic mass is 32.1. The van der Waals surface area contributed by atoms with Crippen molar-refractivity contribution in [3.05, 3.63) is 51.4 Å². The lowest BCUT2D eigenvalue weighted by molar-refractivity contribution is -0.118. The van der Waals surface area contributed by atoms with E-state index in [0.717, 1.165) is 16.0 Å². The molecule has 0 radical (unpaired) electrons. The average molecular weight is 369 g/mol. The number of rotatable bonds is 6. The number of carbonyl (C=O) groups excluding carboxylic acids is 1. The molecule has 5 nitrogen and oxygen atoms in total. The topological polar surface area (TPSA) is 78.0 Å². The molecular weight excluding hydrogens is 346 g/mol. The van der Waals surface area contributed by atoms with Crippen LogP contribution in [0.1, 0.15) is 44.5 Å². The minimum absolute atomic E-state index is 0.0997. The van der Waals surface area contributed by atoms with E-state index in [2.05, 4.69) is 43.1 Å². The second kappa shape index (κ2) is 7.41. The van der Waals surface area contributed by atoms with Gasteiger partial charge >= 0.3 is 0 Å². The Morgan fingerprint density at radius 2 is 1.96 bits per heavy atom. The van der Waals surface area contributed by atoms with Crippen molar-refractivity contribution < 1.29 is 4.79 Å². The predicted octanol–water partition coefficient (Wildman–Crippen LogP) is 3.69. The van der Waals surface area contributed by atoms with Gasteiger partial charge in [-0.1, -0.05) is 45.0 Å². The molecule has 1 amide bonds. The summed E-state index contributed by atoms with van der Waals surface area (Å²) in [6, 6.07) is 8.31. The summed E-state index contributed by atoms with van der Waals surface area (Å²) in [5.74, 6) is 0.726. The summed E-state index contributed by atoms with van der Waals surface area (Å²) in [5, 5.41) is 2.61. The van der Waals surface area contributed by atoms with E-state index in [0.29, 0.717) is 23.5 Å². The first kappa shape index (κ1) is 18.3. The molecule has 136 valence electrons. The summed E-state index contributed by atoms with van der Waals surface area (Å²) in [7, 11) is 0. The smallest absolute Gasteiger partial charge is 0.262 e. The first-order valence-electron chi connectivity index (χ1n) is 8.82. The fraction of sp³-hybridized carbons (Fsp3) is 0.350. The molecule has 0 aliphatic carbocycles. The zero-order chi connectivity index (χ0) is 18.8. The first-order valence-corrected chi connectivity index (χ1v) is 9.69. The van der Waals surface area contributed by atoms with Crippen molar-refractivity contribution in [2.24, 2.45) is 5.73 Å². The van der Waals surface area contributed by atoms with E-state index < -0.39 is 5.91 Å². The van der Waals surface area contributed by atoms with Crippen molar-refractivity contribution in [3.63, 3.8) is 0 Å².